The second-order valence-electron chi connectivity index (χ2n) is 3.05. The summed E-state index contributed by atoms with van der Waals surface area (Å²) in [7, 11) is 0. The van der Waals surface area contributed by atoms with Gasteiger partial charge in [-0.25, -0.2) is 4.98 Å². The summed E-state index contributed by atoms with van der Waals surface area (Å²) in [6.07, 6.45) is 3.47. The highest BCUT2D eigenvalue weighted by molar-refractivity contribution is 8.00. The molecule has 0 N–H and O–H groups in total. The molecule has 1 aromatic heterocycles. The Morgan fingerprint density at radius 2 is 2.36 bits per heavy atom. The zero-order chi connectivity index (χ0) is 10.1. The Labute approximate surface area is 89.8 Å². The summed E-state index contributed by atoms with van der Waals surface area (Å²) >= 11 is 7.19. The first kappa shape index (κ1) is 9.73. The minimum absolute atomic E-state index is 0.0475. The number of hydrogen-bond acceptors (Lipinski definition) is 4. The molecule has 1 aliphatic rings. The van der Waals surface area contributed by atoms with Crippen molar-refractivity contribution in [3.63, 3.8) is 0 Å². The van der Waals surface area contributed by atoms with E-state index in [0.29, 0.717) is 15.3 Å². The quantitative estimate of drug-likeness (QED) is 0.455. The van der Waals surface area contributed by atoms with Crippen molar-refractivity contribution in [1.29, 1.82) is 0 Å². The molecule has 0 spiro atoms. The summed E-state index contributed by atoms with van der Waals surface area (Å²) < 4.78 is 0. The SMILES string of the molecule is O=[N+]([O-])c1cnc(Cl)cc1SC1CC1. The van der Waals surface area contributed by atoms with E-state index >= 15 is 0 Å². The lowest BCUT2D eigenvalue weighted by molar-refractivity contribution is -0.388. The van der Waals surface area contributed by atoms with E-state index in [0.717, 1.165) is 12.8 Å². The molecule has 1 aromatic rings. The Kier molecular flexibility index (Phi) is 2.60. The summed E-state index contributed by atoms with van der Waals surface area (Å²) in [5.41, 5.74) is 0.0475. The van der Waals surface area contributed by atoms with Gasteiger partial charge in [0, 0.05) is 5.25 Å². The normalized spacial score (nSPS) is 15.5. The van der Waals surface area contributed by atoms with Gasteiger partial charge in [0.2, 0.25) is 0 Å². The van der Waals surface area contributed by atoms with E-state index in [2.05, 4.69) is 4.98 Å². The van der Waals surface area contributed by atoms with E-state index in [-0.39, 0.29) is 5.69 Å². The van der Waals surface area contributed by atoms with Crippen molar-refractivity contribution >= 4 is 29.1 Å². The van der Waals surface area contributed by atoms with Crippen LogP contribution >= 0.6 is 23.4 Å². The number of halogens is 1. The average Bonchev–Trinajstić information content (AvgIpc) is 2.87. The van der Waals surface area contributed by atoms with Crippen molar-refractivity contribution < 1.29 is 4.92 Å². The fourth-order valence-corrected chi connectivity index (χ4v) is 2.38. The van der Waals surface area contributed by atoms with E-state index in [4.69, 9.17) is 11.6 Å². The van der Waals surface area contributed by atoms with Gasteiger partial charge in [0.25, 0.3) is 0 Å². The summed E-state index contributed by atoms with van der Waals surface area (Å²) in [6.45, 7) is 0. The first-order valence-electron chi connectivity index (χ1n) is 4.13. The maximum Gasteiger partial charge on any atom is 0.301 e. The Morgan fingerprint density at radius 1 is 1.64 bits per heavy atom. The smallest absolute Gasteiger partial charge is 0.258 e. The molecule has 0 atom stereocenters. The van der Waals surface area contributed by atoms with E-state index in [9.17, 15) is 10.1 Å². The van der Waals surface area contributed by atoms with E-state index in [1.165, 1.54) is 18.0 Å². The van der Waals surface area contributed by atoms with Crippen LogP contribution in [0.25, 0.3) is 0 Å². The molecule has 2 rings (SSSR count). The number of aromatic nitrogens is 1. The minimum Gasteiger partial charge on any atom is -0.258 e. The molecule has 14 heavy (non-hydrogen) atoms. The van der Waals surface area contributed by atoms with Crippen LogP contribution in [0.3, 0.4) is 0 Å². The lowest BCUT2D eigenvalue weighted by atomic mass is 10.4. The molecule has 1 fully saturated rings. The van der Waals surface area contributed by atoms with Crippen LogP contribution in [-0.2, 0) is 0 Å². The number of nitrogens with zero attached hydrogens (tertiary/aromatic N) is 2. The maximum atomic E-state index is 10.6. The zero-order valence-corrected chi connectivity index (χ0v) is 8.72. The second kappa shape index (κ2) is 3.74. The summed E-state index contributed by atoms with van der Waals surface area (Å²) in [6, 6.07) is 1.56. The van der Waals surface area contributed by atoms with Gasteiger partial charge in [0.05, 0.1) is 9.82 Å². The van der Waals surface area contributed by atoms with Crippen LogP contribution < -0.4 is 0 Å². The fraction of sp³-hybridized carbons (Fsp3) is 0.375. The van der Waals surface area contributed by atoms with E-state index in [1.54, 1.807) is 6.07 Å². The van der Waals surface area contributed by atoms with Crippen molar-refractivity contribution in [3.05, 3.63) is 27.5 Å². The van der Waals surface area contributed by atoms with Crippen molar-refractivity contribution in [2.75, 3.05) is 0 Å². The molecule has 0 unspecified atom stereocenters. The van der Waals surface area contributed by atoms with Gasteiger partial charge in [-0.05, 0) is 18.9 Å². The predicted molar refractivity (Wildman–Crippen MR) is 54.8 cm³/mol. The van der Waals surface area contributed by atoms with Gasteiger partial charge in [-0.1, -0.05) is 11.6 Å². The maximum absolute atomic E-state index is 10.6. The Bertz CT molecular complexity index is 382. The monoisotopic (exact) mass is 230 g/mol. The third-order valence-electron chi connectivity index (χ3n) is 1.83. The lowest BCUT2D eigenvalue weighted by Crippen LogP contribution is -1.92. The van der Waals surface area contributed by atoms with Crippen molar-refractivity contribution in [1.82, 2.24) is 4.98 Å². The number of hydrogen-bond donors (Lipinski definition) is 0. The molecule has 0 aliphatic heterocycles. The molecule has 1 saturated carbocycles. The van der Waals surface area contributed by atoms with Crippen LogP contribution in [0.2, 0.25) is 5.15 Å². The largest absolute Gasteiger partial charge is 0.301 e. The van der Waals surface area contributed by atoms with Gasteiger partial charge in [-0.2, -0.15) is 0 Å². The van der Waals surface area contributed by atoms with Crippen LogP contribution in [0.1, 0.15) is 12.8 Å². The molecule has 1 aliphatic carbocycles. The summed E-state index contributed by atoms with van der Waals surface area (Å²) in [5.74, 6) is 0. The van der Waals surface area contributed by atoms with Crippen LogP contribution in [0.15, 0.2) is 17.2 Å². The van der Waals surface area contributed by atoms with Gasteiger partial charge in [0.15, 0.2) is 0 Å². The van der Waals surface area contributed by atoms with Crippen molar-refractivity contribution in [2.24, 2.45) is 0 Å². The van der Waals surface area contributed by atoms with Crippen molar-refractivity contribution in [3.8, 4) is 0 Å². The number of thioether (sulfide) groups is 1. The molecule has 74 valence electrons. The highest BCUT2D eigenvalue weighted by Crippen LogP contribution is 2.42. The molecule has 0 bridgehead atoms. The molecule has 0 aromatic carbocycles. The molecule has 0 saturated heterocycles. The fourth-order valence-electron chi connectivity index (χ4n) is 1.00. The molecule has 6 heteroatoms. The Hall–Kier alpha value is -0.810. The Balaban J connectivity index is 2.31. The third-order valence-corrected chi connectivity index (χ3v) is 3.42. The lowest BCUT2D eigenvalue weighted by Gasteiger charge is -2.00. The molecular weight excluding hydrogens is 224 g/mol. The topological polar surface area (TPSA) is 56.0 Å². The van der Waals surface area contributed by atoms with Crippen molar-refractivity contribution in [2.45, 2.75) is 23.0 Å². The van der Waals surface area contributed by atoms with E-state index < -0.39 is 4.92 Å². The number of pyridine rings is 1. The van der Waals surface area contributed by atoms with Gasteiger partial charge in [-0.3, -0.25) is 10.1 Å². The highest BCUT2D eigenvalue weighted by atomic mass is 35.5. The molecule has 1 heterocycles. The highest BCUT2D eigenvalue weighted by Gasteiger charge is 2.26. The zero-order valence-electron chi connectivity index (χ0n) is 7.14. The first-order valence-corrected chi connectivity index (χ1v) is 5.39. The molecule has 0 radical (unpaired) electrons. The predicted octanol–water partition coefficient (Wildman–Crippen LogP) is 2.90. The first-order chi connectivity index (χ1) is 6.66. The van der Waals surface area contributed by atoms with Crippen LogP contribution in [0.4, 0.5) is 5.69 Å². The van der Waals surface area contributed by atoms with Gasteiger partial charge in [-0.15, -0.1) is 11.8 Å². The van der Waals surface area contributed by atoms with Gasteiger partial charge in [0.1, 0.15) is 11.3 Å². The summed E-state index contributed by atoms with van der Waals surface area (Å²) in [5, 5.41) is 11.5. The number of nitro groups is 1. The minimum atomic E-state index is -0.423. The number of rotatable bonds is 3. The molecule has 0 amide bonds. The standard InChI is InChI=1S/C8H7ClN2O2S/c9-8-3-7(14-5-1-2-5)6(4-10-8)11(12)13/h3-5H,1-2H2. The van der Waals surface area contributed by atoms with Gasteiger partial charge < -0.3 is 0 Å². The third kappa shape index (κ3) is 2.16. The van der Waals surface area contributed by atoms with Crippen LogP contribution in [0.5, 0.6) is 0 Å². The molecule has 4 nitrogen and oxygen atoms in total. The molecular formula is C8H7ClN2O2S. The van der Waals surface area contributed by atoms with E-state index in [1.807, 2.05) is 0 Å². The van der Waals surface area contributed by atoms with Gasteiger partial charge >= 0.3 is 5.69 Å². The van der Waals surface area contributed by atoms with Crippen LogP contribution in [-0.4, -0.2) is 15.2 Å². The second-order valence-corrected chi connectivity index (χ2v) is 4.78. The summed E-state index contributed by atoms with van der Waals surface area (Å²) in [4.78, 5) is 14.5. The van der Waals surface area contributed by atoms with Crippen LogP contribution in [0, 0.1) is 10.1 Å². The average molecular weight is 231 g/mol. The Morgan fingerprint density at radius 3 is 2.93 bits per heavy atom.